The summed E-state index contributed by atoms with van der Waals surface area (Å²) in [6.45, 7) is 5.32. The molecular weight excluding hydrogens is 386 g/mol. The lowest BCUT2D eigenvalue weighted by Crippen LogP contribution is -2.32. The summed E-state index contributed by atoms with van der Waals surface area (Å²) < 4.78 is 10.4. The zero-order valence-corrected chi connectivity index (χ0v) is 17.3. The van der Waals surface area contributed by atoms with Crippen LogP contribution in [0.3, 0.4) is 0 Å². The predicted octanol–water partition coefficient (Wildman–Crippen LogP) is 4.30. The summed E-state index contributed by atoms with van der Waals surface area (Å²) in [5.41, 5.74) is 1.37. The fourth-order valence-corrected chi connectivity index (χ4v) is 4.09. The van der Waals surface area contributed by atoms with E-state index in [2.05, 4.69) is 22.1 Å². The number of amides is 1. The number of aromatic nitrogens is 1. The molecule has 0 spiro atoms. The minimum atomic E-state index is -0.287. The molecule has 6 nitrogen and oxygen atoms in total. The molecule has 2 heterocycles. The van der Waals surface area contributed by atoms with Crippen molar-refractivity contribution in [2.24, 2.45) is 5.92 Å². The van der Waals surface area contributed by atoms with Crippen LogP contribution in [0.1, 0.15) is 35.8 Å². The SMILES string of the molecule is COc1cc(C(=O)Nc2nc(CN3CCC(C)CC3)cs2)cc(Cl)c1OC. The maximum absolute atomic E-state index is 12.6. The summed E-state index contributed by atoms with van der Waals surface area (Å²) in [6, 6.07) is 3.16. The minimum Gasteiger partial charge on any atom is -0.493 e. The smallest absolute Gasteiger partial charge is 0.257 e. The highest BCUT2D eigenvalue weighted by Crippen LogP contribution is 2.36. The number of carbonyl (C=O) groups is 1. The number of halogens is 1. The van der Waals surface area contributed by atoms with Gasteiger partial charge in [0.05, 0.1) is 24.9 Å². The second-order valence-electron chi connectivity index (χ2n) is 6.75. The first kappa shape index (κ1) is 19.9. The molecule has 0 radical (unpaired) electrons. The monoisotopic (exact) mass is 409 g/mol. The van der Waals surface area contributed by atoms with Gasteiger partial charge < -0.3 is 9.47 Å². The van der Waals surface area contributed by atoms with Crippen molar-refractivity contribution < 1.29 is 14.3 Å². The molecule has 0 aliphatic carbocycles. The van der Waals surface area contributed by atoms with Crippen LogP contribution >= 0.6 is 22.9 Å². The van der Waals surface area contributed by atoms with Gasteiger partial charge in [-0.1, -0.05) is 18.5 Å². The van der Waals surface area contributed by atoms with E-state index < -0.39 is 0 Å². The molecule has 1 amide bonds. The number of ether oxygens (including phenoxy) is 2. The summed E-state index contributed by atoms with van der Waals surface area (Å²) in [5, 5.41) is 5.72. The third kappa shape index (κ3) is 4.91. The molecule has 1 aromatic carbocycles. The van der Waals surface area contributed by atoms with Crippen molar-refractivity contribution in [3.8, 4) is 11.5 Å². The van der Waals surface area contributed by atoms with Gasteiger partial charge in [0.2, 0.25) is 0 Å². The first-order valence-corrected chi connectivity index (χ1v) is 10.2. The number of likely N-dealkylation sites (tertiary alicyclic amines) is 1. The highest BCUT2D eigenvalue weighted by molar-refractivity contribution is 7.14. The van der Waals surface area contributed by atoms with Crippen molar-refractivity contribution in [1.82, 2.24) is 9.88 Å². The van der Waals surface area contributed by atoms with Crippen LogP contribution in [-0.2, 0) is 6.54 Å². The Morgan fingerprint density at radius 2 is 2.07 bits per heavy atom. The standard InChI is InChI=1S/C19H24ClN3O3S/c1-12-4-6-23(7-5-12)10-14-11-27-19(21-14)22-18(24)13-8-15(20)17(26-3)16(9-13)25-2/h8-9,11-12H,4-7,10H2,1-3H3,(H,21,22,24). The number of nitrogens with one attached hydrogen (secondary N) is 1. The molecule has 0 unspecified atom stereocenters. The molecule has 3 rings (SSSR count). The van der Waals surface area contributed by atoms with E-state index in [0.29, 0.717) is 27.2 Å². The van der Waals surface area contributed by atoms with E-state index in [1.807, 2.05) is 5.38 Å². The van der Waals surface area contributed by atoms with Crippen LogP contribution in [0.2, 0.25) is 5.02 Å². The Morgan fingerprint density at radius 1 is 1.33 bits per heavy atom. The van der Waals surface area contributed by atoms with Crippen molar-refractivity contribution in [1.29, 1.82) is 0 Å². The van der Waals surface area contributed by atoms with Gasteiger partial charge in [0.1, 0.15) is 0 Å². The van der Waals surface area contributed by atoms with E-state index in [4.69, 9.17) is 21.1 Å². The number of hydrogen-bond acceptors (Lipinski definition) is 6. The van der Waals surface area contributed by atoms with Gasteiger partial charge in [-0.2, -0.15) is 0 Å². The van der Waals surface area contributed by atoms with E-state index in [1.54, 1.807) is 12.1 Å². The van der Waals surface area contributed by atoms with Crippen molar-refractivity contribution in [2.75, 3.05) is 32.6 Å². The number of carbonyl (C=O) groups excluding carboxylic acids is 1. The minimum absolute atomic E-state index is 0.287. The predicted molar refractivity (Wildman–Crippen MR) is 108 cm³/mol. The van der Waals surface area contributed by atoms with Crippen molar-refractivity contribution in [3.05, 3.63) is 33.8 Å². The molecule has 1 N–H and O–H groups in total. The second-order valence-corrected chi connectivity index (χ2v) is 8.02. The van der Waals surface area contributed by atoms with Gasteiger partial charge in [0.25, 0.3) is 5.91 Å². The van der Waals surface area contributed by atoms with E-state index >= 15 is 0 Å². The molecule has 1 fully saturated rings. The Hall–Kier alpha value is -1.83. The average molecular weight is 410 g/mol. The fourth-order valence-electron chi connectivity index (χ4n) is 3.10. The van der Waals surface area contributed by atoms with E-state index in [0.717, 1.165) is 31.2 Å². The quantitative estimate of drug-likeness (QED) is 0.770. The lowest BCUT2D eigenvalue weighted by molar-refractivity contribution is 0.102. The first-order chi connectivity index (χ1) is 13.0. The third-order valence-corrected chi connectivity index (χ3v) is 5.82. The zero-order chi connectivity index (χ0) is 19.4. The molecule has 1 aliphatic rings. The van der Waals surface area contributed by atoms with Crippen LogP contribution < -0.4 is 14.8 Å². The highest BCUT2D eigenvalue weighted by atomic mass is 35.5. The summed E-state index contributed by atoms with van der Waals surface area (Å²) in [7, 11) is 3.01. The topological polar surface area (TPSA) is 63.7 Å². The molecule has 1 aromatic heterocycles. The molecule has 1 aliphatic heterocycles. The van der Waals surface area contributed by atoms with Crippen molar-refractivity contribution in [3.63, 3.8) is 0 Å². The number of methoxy groups -OCH3 is 2. The summed E-state index contributed by atoms with van der Waals surface area (Å²) in [4.78, 5) is 19.5. The van der Waals surface area contributed by atoms with E-state index in [1.165, 1.54) is 38.4 Å². The summed E-state index contributed by atoms with van der Waals surface area (Å²) in [5.74, 6) is 1.34. The summed E-state index contributed by atoms with van der Waals surface area (Å²) >= 11 is 7.60. The number of hydrogen-bond donors (Lipinski definition) is 1. The lowest BCUT2D eigenvalue weighted by Gasteiger charge is -2.29. The maximum Gasteiger partial charge on any atom is 0.257 e. The van der Waals surface area contributed by atoms with Crippen LogP contribution in [0.5, 0.6) is 11.5 Å². The number of thiazole rings is 1. The van der Waals surface area contributed by atoms with Gasteiger partial charge in [-0.05, 0) is 44.0 Å². The second kappa shape index (κ2) is 8.91. The van der Waals surface area contributed by atoms with E-state index in [9.17, 15) is 4.79 Å². The summed E-state index contributed by atoms with van der Waals surface area (Å²) in [6.07, 6.45) is 2.46. The van der Waals surface area contributed by atoms with Gasteiger partial charge in [0, 0.05) is 17.5 Å². The molecule has 1 saturated heterocycles. The van der Waals surface area contributed by atoms with Crippen LogP contribution in [0.15, 0.2) is 17.5 Å². The molecule has 0 bridgehead atoms. The lowest BCUT2D eigenvalue weighted by atomic mass is 9.99. The molecule has 2 aromatic rings. The largest absolute Gasteiger partial charge is 0.493 e. The van der Waals surface area contributed by atoms with Gasteiger partial charge in [0.15, 0.2) is 16.6 Å². The Kier molecular flexibility index (Phi) is 6.57. The first-order valence-electron chi connectivity index (χ1n) is 8.89. The van der Waals surface area contributed by atoms with Crippen molar-refractivity contribution in [2.45, 2.75) is 26.3 Å². The van der Waals surface area contributed by atoms with Gasteiger partial charge >= 0.3 is 0 Å². The zero-order valence-electron chi connectivity index (χ0n) is 15.8. The number of benzene rings is 1. The van der Waals surface area contributed by atoms with Crippen LogP contribution in [-0.4, -0.2) is 43.1 Å². The third-order valence-electron chi connectivity index (χ3n) is 4.73. The Morgan fingerprint density at radius 3 is 2.74 bits per heavy atom. The number of anilines is 1. The number of rotatable bonds is 6. The molecule has 0 saturated carbocycles. The van der Waals surface area contributed by atoms with Gasteiger partial charge in [-0.15, -0.1) is 11.3 Å². The molecule has 0 atom stereocenters. The van der Waals surface area contributed by atoms with Crippen LogP contribution in [0.25, 0.3) is 0 Å². The Balaban J connectivity index is 1.65. The molecule has 8 heteroatoms. The number of nitrogens with zero attached hydrogens (tertiary/aromatic N) is 2. The van der Waals surface area contributed by atoms with Crippen LogP contribution in [0.4, 0.5) is 5.13 Å². The highest BCUT2D eigenvalue weighted by Gasteiger charge is 2.18. The normalized spacial score (nSPS) is 15.6. The average Bonchev–Trinajstić information content (AvgIpc) is 3.09. The molecule has 146 valence electrons. The van der Waals surface area contributed by atoms with Gasteiger partial charge in [-0.25, -0.2) is 4.98 Å². The maximum atomic E-state index is 12.6. The fraction of sp³-hybridized carbons (Fsp3) is 0.474. The van der Waals surface area contributed by atoms with Crippen molar-refractivity contribution >= 4 is 34.0 Å². The Labute approximate surface area is 168 Å². The van der Waals surface area contributed by atoms with Crippen LogP contribution in [0, 0.1) is 5.92 Å². The van der Waals surface area contributed by atoms with Gasteiger partial charge in [-0.3, -0.25) is 15.0 Å². The number of piperidine rings is 1. The molecular formula is C19H24ClN3O3S. The van der Waals surface area contributed by atoms with E-state index in [-0.39, 0.29) is 5.91 Å². The molecule has 27 heavy (non-hydrogen) atoms. The Bertz CT molecular complexity index is 803.